The van der Waals surface area contributed by atoms with Crippen LogP contribution in [0.1, 0.15) is 5.56 Å². The van der Waals surface area contributed by atoms with Crippen LogP contribution in [-0.4, -0.2) is 9.13 Å². The number of hydrogen-bond donors (Lipinski definition) is 0. The van der Waals surface area contributed by atoms with Gasteiger partial charge in [0.15, 0.2) is 0 Å². The lowest BCUT2D eigenvalue weighted by molar-refractivity contribution is 0.481. The summed E-state index contributed by atoms with van der Waals surface area (Å²) in [6.07, 6.45) is 0. The van der Waals surface area contributed by atoms with Gasteiger partial charge in [-0.3, -0.25) is 0 Å². The SMILES string of the molecule is N#Cc1c(Oc2ccc3oc4ccccc4c3c2)cccc1-n1c2ccccc2c2cc(-n3c4ccccc4c4ccccc43)ccc21. The minimum Gasteiger partial charge on any atom is -0.456 e. The summed E-state index contributed by atoms with van der Waals surface area (Å²) >= 11 is 0. The highest BCUT2D eigenvalue weighted by atomic mass is 16.5. The van der Waals surface area contributed by atoms with Crippen LogP contribution in [0.25, 0.3) is 76.9 Å². The van der Waals surface area contributed by atoms with Gasteiger partial charge in [0.2, 0.25) is 0 Å². The molecule has 0 radical (unpaired) electrons. The molecule has 3 heterocycles. The van der Waals surface area contributed by atoms with E-state index >= 15 is 0 Å². The zero-order valence-corrected chi connectivity index (χ0v) is 25.6. The number of rotatable bonds is 4. The smallest absolute Gasteiger partial charge is 0.147 e. The Morgan fingerprint density at radius 1 is 0.479 bits per heavy atom. The summed E-state index contributed by atoms with van der Waals surface area (Å²) in [7, 11) is 0. The van der Waals surface area contributed by atoms with Gasteiger partial charge < -0.3 is 18.3 Å². The summed E-state index contributed by atoms with van der Waals surface area (Å²) < 4.78 is 17.0. The lowest BCUT2D eigenvalue weighted by Crippen LogP contribution is -2.00. The van der Waals surface area contributed by atoms with Gasteiger partial charge in [-0.2, -0.15) is 5.26 Å². The highest BCUT2D eigenvalue weighted by Gasteiger charge is 2.20. The average Bonchev–Trinajstić information content (AvgIpc) is 3.79. The normalized spacial score (nSPS) is 11.7. The van der Waals surface area contributed by atoms with E-state index < -0.39 is 0 Å². The maximum atomic E-state index is 10.6. The Hall–Kier alpha value is -6.77. The Balaban J connectivity index is 1.15. The summed E-state index contributed by atoms with van der Waals surface area (Å²) in [6.45, 7) is 0. The third-order valence-corrected chi connectivity index (χ3v) is 9.43. The van der Waals surface area contributed by atoms with Crippen molar-refractivity contribution in [1.29, 1.82) is 5.26 Å². The minimum atomic E-state index is 0.462. The van der Waals surface area contributed by atoms with Crippen LogP contribution >= 0.6 is 0 Å². The van der Waals surface area contributed by atoms with Crippen molar-refractivity contribution >= 4 is 65.6 Å². The van der Waals surface area contributed by atoms with Crippen LogP contribution in [0.15, 0.2) is 156 Å². The fourth-order valence-corrected chi connectivity index (χ4v) is 7.36. The summed E-state index contributed by atoms with van der Waals surface area (Å²) in [5.41, 5.74) is 8.31. The number of nitrogens with zero attached hydrogens (tertiary/aromatic N) is 3. The van der Waals surface area contributed by atoms with Crippen molar-refractivity contribution in [2.45, 2.75) is 0 Å². The van der Waals surface area contributed by atoms with Crippen LogP contribution in [0.3, 0.4) is 0 Å². The van der Waals surface area contributed by atoms with Crippen LogP contribution < -0.4 is 4.74 Å². The first-order chi connectivity index (χ1) is 23.8. The van der Waals surface area contributed by atoms with Crippen LogP contribution in [0.4, 0.5) is 0 Å². The predicted octanol–water partition coefficient (Wildman–Crippen LogP) is 11.4. The zero-order chi connectivity index (χ0) is 31.8. The Kier molecular flexibility index (Phi) is 5.57. The standard InChI is InChI=1S/C43H25N3O2/c44-26-35-39(17-9-19-42(35)47-28-21-23-43-34(25-28)32-13-4-8-18-41(32)48-43)46-38-16-7-3-12-31(38)33-24-27(20-22-40(33)46)45-36-14-5-1-10-29(36)30-11-2-6-15-37(30)45/h1-25H. The number of fused-ring (bicyclic) bond motifs is 9. The number of aromatic nitrogens is 2. The number of benzene rings is 7. The fourth-order valence-electron chi connectivity index (χ4n) is 7.36. The first-order valence-electron chi connectivity index (χ1n) is 15.9. The van der Waals surface area contributed by atoms with Gasteiger partial charge in [0.25, 0.3) is 0 Å². The van der Waals surface area contributed by atoms with Crippen LogP contribution in [0.2, 0.25) is 0 Å². The molecule has 0 aliphatic carbocycles. The van der Waals surface area contributed by atoms with Crippen molar-refractivity contribution in [2.24, 2.45) is 0 Å². The van der Waals surface area contributed by atoms with Crippen molar-refractivity contribution in [3.05, 3.63) is 157 Å². The van der Waals surface area contributed by atoms with Crippen LogP contribution in [0, 0.1) is 11.3 Å². The molecule has 0 saturated carbocycles. The number of para-hydroxylation sites is 4. The molecule has 3 aromatic heterocycles. The number of nitriles is 1. The summed E-state index contributed by atoms with van der Waals surface area (Å²) in [5, 5.41) is 17.3. The molecular formula is C43H25N3O2. The molecule has 0 unspecified atom stereocenters. The summed E-state index contributed by atoms with van der Waals surface area (Å²) in [5.74, 6) is 1.13. The molecule has 0 amide bonds. The Bertz CT molecular complexity index is 2900. The first-order valence-corrected chi connectivity index (χ1v) is 15.9. The van der Waals surface area contributed by atoms with E-state index in [0.29, 0.717) is 17.1 Å². The van der Waals surface area contributed by atoms with Crippen molar-refractivity contribution in [2.75, 3.05) is 0 Å². The van der Waals surface area contributed by atoms with E-state index in [4.69, 9.17) is 9.15 Å². The monoisotopic (exact) mass is 615 g/mol. The first kappa shape index (κ1) is 26.4. The van der Waals surface area contributed by atoms with Gasteiger partial charge >= 0.3 is 0 Å². The molecule has 0 N–H and O–H groups in total. The van der Waals surface area contributed by atoms with Gasteiger partial charge in [-0.1, -0.05) is 78.9 Å². The Labute approximate surface area is 274 Å². The van der Waals surface area contributed by atoms with Crippen LogP contribution in [0.5, 0.6) is 11.5 Å². The highest BCUT2D eigenvalue weighted by Crippen LogP contribution is 2.40. The number of hydrogen-bond acceptors (Lipinski definition) is 3. The second kappa shape index (κ2) is 10.1. The minimum absolute atomic E-state index is 0.462. The van der Waals surface area contributed by atoms with Crippen molar-refractivity contribution in [3.63, 3.8) is 0 Å². The number of furan rings is 1. The second-order valence-corrected chi connectivity index (χ2v) is 12.0. The fraction of sp³-hybridized carbons (Fsp3) is 0. The van der Waals surface area contributed by atoms with E-state index in [9.17, 15) is 5.26 Å². The van der Waals surface area contributed by atoms with E-state index in [0.717, 1.165) is 55.1 Å². The van der Waals surface area contributed by atoms with E-state index in [2.05, 4.69) is 100 Å². The summed E-state index contributed by atoms with van der Waals surface area (Å²) in [4.78, 5) is 0. The second-order valence-electron chi connectivity index (χ2n) is 12.0. The maximum Gasteiger partial charge on any atom is 0.147 e. The maximum absolute atomic E-state index is 10.6. The quantitative estimate of drug-likeness (QED) is 0.198. The topological polar surface area (TPSA) is 56.0 Å². The molecule has 7 aromatic carbocycles. The van der Waals surface area contributed by atoms with Crippen molar-refractivity contribution in [1.82, 2.24) is 9.13 Å². The van der Waals surface area contributed by atoms with Gasteiger partial charge in [-0.05, 0) is 72.8 Å². The molecule has 0 atom stereocenters. The number of ether oxygens (including phenoxy) is 1. The van der Waals surface area contributed by atoms with E-state index in [1.54, 1.807) is 0 Å². The third-order valence-electron chi connectivity index (χ3n) is 9.43. The molecule has 0 aliphatic rings. The van der Waals surface area contributed by atoms with Crippen LogP contribution in [-0.2, 0) is 0 Å². The van der Waals surface area contributed by atoms with Crippen molar-refractivity contribution < 1.29 is 9.15 Å². The van der Waals surface area contributed by atoms with E-state index in [1.807, 2.05) is 66.7 Å². The van der Waals surface area contributed by atoms with E-state index in [1.165, 1.54) is 21.8 Å². The molecule has 224 valence electrons. The van der Waals surface area contributed by atoms with Gasteiger partial charge in [-0.15, -0.1) is 0 Å². The van der Waals surface area contributed by atoms with Crippen molar-refractivity contribution in [3.8, 4) is 28.9 Å². The molecule has 10 rings (SSSR count). The summed E-state index contributed by atoms with van der Waals surface area (Å²) in [6, 6.07) is 54.1. The molecule has 5 heteroatoms. The zero-order valence-electron chi connectivity index (χ0n) is 25.6. The Morgan fingerprint density at radius 2 is 1.08 bits per heavy atom. The largest absolute Gasteiger partial charge is 0.456 e. The Morgan fingerprint density at radius 3 is 1.81 bits per heavy atom. The molecular weight excluding hydrogens is 590 g/mol. The molecule has 10 aromatic rings. The predicted molar refractivity (Wildman–Crippen MR) is 194 cm³/mol. The highest BCUT2D eigenvalue weighted by molar-refractivity contribution is 6.12. The molecule has 0 spiro atoms. The third kappa shape index (κ3) is 3.78. The van der Waals surface area contributed by atoms with Gasteiger partial charge in [0.05, 0.1) is 27.8 Å². The lowest BCUT2D eigenvalue weighted by atomic mass is 10.1. The molecule has 5 nitrogen and oxygen atoms in total. The lowest BCUT2D eigenvalue weighted by Gasteiger charge is -2.14. The van der Waals surface area contributed by atoms with Gasteiger partial charge in [0, 0.05) is 38.0 Å². The molecule has 0 aliphatic heterocycles. The average molecular weight is 616 g/mol. The van der Waals surface area contributed by atoms with Gasteiger partial charge in [-0.25, -0.2) is 0 Å². The molecule has 0 saturated heterocycles. The molecule has 48 heavy (non-hydrogen) atoms. The molecule has 0 bridgehead atoms. The van der Waals surface area contributed by atoms with E-state index in [-0.39, 0.29) is 0 Å². The van der Waals surface area contributed by atoms with Gasteiger partial charge in [0.1, 0.15) is 34.3 Å². The molecule has 0 fully saturated rings.